The van der Waals surface area contributed by atoms with E-state index in [1.807, 2.05) is 6.07 Å². The zero-order valence-corrected chi connectivity index (χ0v) is 29.0. The summed E-state index contributed by atoms with van der Waals surface area (Å²) in [4.78, 5) is 55.8. The molecule has 0 unspecified atom stereocenters. The molecular formula is C35H37BrFN7O5. The number of alkyl halides is 1. The van der Waals surface area contributed by atoms with E-state index in [-0.39, 0.29) is 53.3 Å². The lowest BCUT2D eigenvalue weighted by Crippen LogP contribution is -2.54. The van der Waals surface area contributed by atoms with Crippen LogP contribution in [0, 0.1) is 18.3 Å². The van der Waals surface area contributed by atoms with E-state index in [1.165, 1.54) is 11.6 Å². The smallest absolute Gasteiger partial charge is 0.248 e. The van der Waals surface area contributed by atoms with E-state index in [2.05, 4.69) is 41.3 Å². The quantitative estimate of drug-likeness (QED) is 0.216. The predicted octanol–water partition coefficient (Wildman–Crippen LogP) is 5.20. The number of hydrogen-bond donors (Lipinski definition) is 1. The average Bonchev–Trinajstić information content (AvgIpc) is 3.68. The van der Waals surface area contributed by atoms with Crippen LogP contribution in [0.25, 0.3) is 22.0 Å². The minimum absolute atomic E-state index is 0.131. The number of pyridine rings is 1. The Morgan fingerprint density at radius 1 is 1.10 bits per heavy atom. The van der Waals surface area contributed by atoms with Gasteiger partial charge < -0.3 is 19.7 Å². The summed E-state index contributed by atoms with van der Waals surface area (Å²) in [7, 11) is 0. The molecule has 2 fully saturated rings. The molecule has 256 valence electrons. The molecule has 7 rings (SSSR count). The van der Waals surface area contributed by atoms with Gasteiger partial charge in [-0.25, -0.2) is 19.3 Å². The number of nitrogens with zero attached hydrogens (tertiary/aromatic N) is 6. The van der Waals surface area contributed by atoms with E-state index in [4.69, 9.17) is 9.47 Å². The number of Topliss-reactive ketones (excluding diaryl/α,β-unsaturated/α-hetero) is 1. The van der Waals surface area contributed by atoms with Crippen LogP contribution in [0.4, 0.5) is 10.2 Å². The molecule has 2 amide bonds. The van der Waals surface area contributed by atoms with Gasteiger partial charge in [-0.3, -0.25) is 19.1 Å². The maximum absolute atomic E-state index is 14.7. The number of aromatic nitrogens is 5. The van der Waals surface area contributed by atoms with Crippen molar-refractivity contribution in [2.45, 2.75) is 65.4 Å². The maximum atomic E-state index is 14.7. The van der Waals surface area contributed by atoms with E-state index in [0.717, 1.165) is 24.8 Å². The lowest BCUT2D eigenvalue weighted by molar-refractivity contribution is -0.142. The number of likely N-dealkylation sites (tertiary alicyclic amines) is 1. The molecule has 49 heavy (non-hydrogen) atoms. The highest BCUT2D eigenvalue weighted by molar-refractivity contribution is 9.10. The molecule has 0 radical (unpaired) electrons. The number of piperidine rings is 1. The minimum Gasteiger partial charge on any atom is -0.381 e. The lowest BCUT2D eigenvalue weighted by Gasteiger charge is -2.38. The van der Waals surface area contributed by atoms with E-state index in [1.54, 1.807) is 42.4 Å². The number of fused-ring (bicyclic) bond motifs is 3. The van der Waals surface area contributed by atoms with Crippen molar-refractivity contribution in [3.05, 3.63) is 63.9 Å². The van der Waals surface area contributed by atoms with E-state index >= 15 is 0 Å². The standard InChI is InChI=1S/C35H37BrFN7O5/c1-20(45)31-27-10-23(25-14-38-21(2)39-15-25)9-24(13-37)32(27)44(42-31)17-30(46)43-16-26-11-35(26)12-28(43)34(47)41-33-22(5-6-29(36)40-33)18-48-7-3-4-8-49-19-35/h5-6,9-10,14-15,26,28H,3-4,7-8,11-13,16-19H2,1-2H3,(H,40,41,47)/t26-,28-,35-/m0/s1. The van der Waals surface area contributed by atoms with Gasteiger partial charge in [-0.05, 0) is 78.2 Å². The van der Waals surface area contributed by atoms with Crippen LogP contribution in [0.5, 0.6) is 0 Å². The van der Waals surface area contributed by atoms with E-state index in [0.29, 0.717) is 71.1 Å². The zero-order valence-electron chi connectivity index (χ0n) is 27.4. The third-order valence-corrected chi connectivity index (χ3v) is 10.3. The van der Waals surface area contributed by atoms with Gasteiger partial charge >= 0.3 is 0 Å². The molecule has 12 nitrogen and oxygen atoms in total. The summed E-state index contributed by atoms with van der Waals surface area (Å²) in [5.74, 6) is 0.119. The Morgan fingerprint density at radius 2 is 1.88 bits per heavy atom. The number of carbonyl (C=O) groups is 3. The highest BCUT2D eigenvalue weighted by Crippen LogP contribution is 2.59. The Hall–Kier alpha value is -4.14. The number of ether oxygens (including phenoxy) is 2. The number of amides is 2. The van der Waals surface area contributed by atoms with Gasteiger partial charge in [-0.15, -0.1) is 0 Å². The largest absolute Gasteiger partial charge is 0.381 e. The van der Waals surface area contributed by atoms with Gasteiger partial charge in [0.1, 0.15) is 41.2 Å². The second-order valence-corrected chi connectivity index (χ2v) is 14.0. The van der Waals surface area contributed by atoms with Crippen LogP contribution in [-0.2, 0) is 38.9 Å². The van der Waals surface area contributed by atoms with E-state index < -0.39 is 12.7 Å². The number of rotatable bonds is 5. The predicted molar refractivity (Wildman–Crippen MR) is 181 cm³/mol. The SMILES string of the molecule is CC(=O)c1nn(CC(=O)N2C[C@@H]3C[C@]34COCCCCOCc3ccc(Br)nc3NC(=O)[C@@H]2C4)c2c(CF)cc(-c3cnc(C)nc3)cc12. The van der Waals surface area contributed by atoms with Gasteiger partial charge in [0.15, 0.2) is 5.78 Å². The summed E-state index contributed by atoms with van der Waals surface area (Å²) in [6, 6.07) is 6.26. The molecule has 14 heteroatoms. The molecule has 1 aliphatic carbocycles. The van der Waals surface area contributed by atoms with Crippen LogP contribution >= 0.6 is 15.9 Å². The van der Waals surface area contributed by atoms with Crippen molar-refractivity contribution < 1.29 is 28.2 Å². The zero-order chi connectivity index (χ0) is 34.3. The molecule has 4 aromatic rings. The van der Waals surface area contributed by atoms with Gasteiger partial charge in [0.2, 0.25) is 11.8 Å². The first-order chi connectivity index (χ1) is 23.7. The Labute approximate surface area is 290 Å². The maximum Gasteiger partial charge on any atom is 0.248 e. The molecule has 2 bridgehead atoms. The van der Waals surface area contributed by atoms with Gasteiger partial charge in [0, 0.05) is 66.6 Å². The first-order valence-corrected chi connectivity index (χ1v) is 17.3. The molecule has 1 spiro atoms. The number of hydrogen-bond acceptors (Lipinski definition) is 9. The molecule has 1 saturated carbocycles. The number of ketones is 1. The summed E-state index contributed by atoms with van der Waals surface area (Å²) in [6.45, 7) is 4.36. The fraction of sp³-hybridized carbons (Fsp3) is 0.457. The molecule has 5 heterocycles. The molecule has 1 aromatic carbocycles. The Morgan fingerprint density at radius 3 is 2.63 bits per heavy atom. The van der Waals surface area contributed by atoms with Crippen LogP contribution in [0.15, 0.2) is 41.3 Å². The second kappa shape index (κ2) is 13.6. The van der Waals surface area contributed by atoms with Crippen LogP contribution in [0.2, 0.25) is 0 Å². The summed E-state index contributed by atoms with van der Waals surface area (Å²) < 4.78 is 28.6. The fourth-order valence-electron chi connectivity index (χ4n) is 7.11. The summed E-state index contributed by atoms with van der Waals surface area (Å²) in [5.41, 5.74) is 2.60. The van der Waals surface area contributed by atoms with Crippen molar-refractivity contribution >= 4 is 50.2 Å². The van der Waals surface area contributed by atoms with Crippen LogP contribution < -0.4 is 5.32 Å². The number of nitrogens with one attached hydrogen (secondary N) is 1. The van der Waals surface area contributed by atoms with Crippen molar-refractivity contribution in [1.82, 2.24) is 29.6 Å². The Kier molecular flexibility index (Phi) is 9.29. The van der Waals surface area contributed by atoms with Crippen molar-refractivity contribution in [1.29, 1.82) is 0 Å². The second-order valence-electron chi connectivity index (χ2n) is 13.2. The van der Waals surface area contributed by atoms with Crippen molar-refractivity contribution in [3.63, 3.8) is 0 Å². The van der Waals surface area contributed by atoms with Crippen molar-refractivity contribution in [2.24, 2.45) is 11.3 Å². The molecule has 3 aliphatic rings. The molecule has 1 N–H and O–H groups in total. The van der Waals surface area contributed by atoms with Crippen LogP contribution in [0.3, 0.4) is 0 Å². The van der Waals surface area contributed by atoms with Gasteiger partial charge in [-0.2, -0.15) is 5.10 Å². The number of benzene rings is 1. The summed E-state index contributed by atoms with van der Waals surface area (Å²) in [5, 5.41) is 7.95. The first-order valence-electron chi connectivity index (χ1n) is 16.5. The van der Waals surface area contributed by atoms with Crippen LogP contribution in [0.1, 0.15) is 60.0 Å². The minimum atomic E-state index is -0.848. The third-order valence-electron chi connectivity index (χ3n) is 9.84. The van der Waals surface area contributed by atoms with Crippen molar-refractivity contribution in [3.8, 4) is 11.1 Å². The lowest BCUT2D eigenvalue weighted by atomic mass is 9.89. The Balaban J connectivity index is 1.22. The van der Waals surface area contributed by atoms with Crippen LogP contribution in [-0.4, -0.2) is 79.6 Å². The van der Waals surface area contributed by atoms with Crippen molar-refractivity contribution in [2.75, 3.05) is 31.7 Å². The molecule has 3 aromatic heterocycles. The molecular weight excluding hydrogens is 697 g/mol. The highest BCUT2D eigenvalue weighted by atomic mass is 79.9. The summed E-state index contributed by atoms with van der Waals surface area (Å²) in [6.07, 6.45) is 6.28. The van der Waals surface area contributed by atoms with Gasteiger partial charge in [-0.1, -0.05) is 6.07 Å². The number of carbonyl (C=O) groups excluding carboxylic acids is 3. The normalized spacial score (nSPS) is 22.8. The number of anilines is 1. The fourth-order valence-corrected chi connectivity index (χ4v) is 7.42. The topological polar surface area (TPSA) is 141 Å². The number of aryl methyl sites for hydroxylation is 1. The van der Waals surface area contributed by atoms with E-state index in [9.17, 15) is 18.8 Å². The molecule has 3 atom stereocenters. The molecule has 2 aliphatic heterocycles. The third kappa shape index (κ3) is 6.73. The summed E-state index contributed by atoms with van der Waals surface area (Å²) >= 11 is 3.40. The monoisotopic (exact) mass is 733 g/mol. The van der Waals surface area contributed by atoms with Gasteiger partial charge in [0.25, 0.3) is 0 Å². The number of halogens is 2. The Bertz CT molecular complexity index is 1940. The average molecular weight is 735 g/mol. The van der Waals surface area contributed by atoms with Gasteiger partial charge in [0.05, 0.1) is 18.7 Å². The highest BCUT2D eigenvalue weighted by Gasteiger charge is 2.61. The molecule has 1 saturated heterocycles. The first kappa shape index (κ1) is 33.4.